The smallest absolute Gasteiger partial charge is 0.322 e. The molecule has 0 aromatic heterocycles. The van der Waals surface area contributed by atoms with Crippen LogP contribution in [0.25, 0.3) is 0 Å². The molecule has 0 spiro atoms. The van der Waals surface area contributed by atoms with Crippen molar-refractivity contribution in [3.05, 3.63) is 24.3 Å². The number of benzene rings is 1. The zero-order valence-electron chi connectivity index (χ0n) is 9.44. The van der Waals surface area contributed by atoms with Gasteiger partial charge in [0.25, 0.3) is 0 Å². The minimum atomic E-state index is -0.0319. The van der Waals surface area contributed by atoms with E-state index in [1.807, 2.05) is 31.2 Å². The fourth-order valence-electron chi connectivity index (χ4n) is 1.62. The highest BCUT2D eigenvalue weighted by Gasteiger charge is 2.25. The molecule has 1 fully saturated rings. The summed E-state index contributed by atoms with van der Waals surface area (Å²) in [6, 6.07) is 7.73. The summed E-state index contributed by atoms with van der Waals surface area (Å²) in [6.45, 7) is 2.59. The van der Waals surface area contributed by atoms with Gasteiger partial charge in [-0.1, -0.05) is 6.07 Å². The van der Waals surface area contributed by atoms with Crippen LogP contribution < -0.4 is 16.0 Å². The van der Waals surface area contributed by atoms with E-state index < -0.39 is 0 Å². The van der Waals surface area contributed by atoms with Gasteiger partial charge < -0.3 is 11.1 Å². The highest BCUT2D eigenvalue weighted by molar-refractivity contribution is 5.92. The molecule has 2 amide bonds. The highest BCUT2D eigenvalue weighted by Crippen LogP contribution is 2.21. The zero-order valence-corrected chi connectivity index (χ0v) is 9.44. The highest BCUT2D eigenvalue weighted by atomic mass is 16.2. The molecule has 1 aliphatic rings. The van der Waals surface area contributed by atoms with Crippen LogP contribution in [0, 0.1) is 0 Å². The summed E-state index contributed by atoms with van der Waals surface area (Å²) in [5.41, 5.74) is 7.23. The maximum Gasteiger partial charge on any atom is 0.322 e. The maximum atomic E-state index is 11.9. The summed E-state index contributed by atoms with van der Waals surface area (Å²) in [4.78, 5) is 13.6. The molecule has 1 aliphatic carbocycles. The van der Waals surface area contributed by atoms with Crippen molar-refractivity contribution in [2.24, 2.45) is 0 Å². The van der Waals surface area contributed by atoms with Crippen LogP contribution in [0.3, 0.4) is 0 Å². The first kappa shape index (κ1) is 10.8. The molecular weight excluding hydrogens is 202 g/mol. The van der Waals surface area contributed by atoms with E-state index in [0.29, 0.717) is 18.3 Å². The largest absolute Gasteiger partial charge is 0.399 e. The first-order chi connectivity index (χ1) is 7.70. The van der Waals surface area contributed by atoms with Crippen LogP contribution in [-0.2, 0) is 0 Å². The summed E-state index contributed by atoms with van der Waals surface area (Å²) in [6.07, 6.45) is 2.19. The Balaban J connectivity index is 2.11. The first-order valence-electron chi connectivity index (χ1n) is 5.64. The Morgan fingerprint density at radius 3 is 2.88 bits per heavy atom. The third-order valence-corrected chi connectivity index (χ3v) is 2.65. The SMILES string of the molecule is CCN(C(=O)NC1CC1)c1cccc(N)c1. The van der Waals surface area contributed by atoms with Gasteiger partial charge in [0.15, 0.2) is 0 Å². The molecule has 1 aromatic carbocycles. The van der Waals surface area contributed by atoms with Gasteiger partial charge in [0.05, 0.1) is 0 Å². The molecule has 0 aliphatic heterocycles. The molecule has 4 nitrogen and oxygen atoms in total. The molecule has 86 valence electrons. The molecule has 16 heavy (non-hydrogen) atoms. The lowest BCUT2D eigenvalue weighted by molar-refractivity contribution is 0.246. The van der Waals surface area contributed by atoms with Crippen LogP contribution in [0.1, 0.15) is 19.8 Å². The van der Waals surface area contributed by atoms with Gasteiger partial charge in [-0.05, 0) is 38.0 Å². The summed E-state index contributed by atoms with van der Waals surface area (Å²) < 4.78 is 0. The lowest BCUT2D eigenvalue weighted by Gasteiger charge is -2.21. The lowest BCUT2D eigenvalue weighted by atomic mass is 10.2. The van der Waals surface area contributed by atoms with Crippen LogP contribution in [0.4, 0.5) is 16.2 Å². The van der Waals surface area contributed by atoms with Crippen molar-refractivity contribution in [3.8, 4) is 0 Å². The van der Waals surface area contributed by atoms with Crippen molar-refractivity contribution in [2.45, 2.75) is 25.8 Å². The molecule has 0 heterocycles. The van der Waals surface area contributed by atoms with Crippen LogP contribution in [0.2, 0.25) is 0 Å². The molecule has 2 rings (SSSR count). The van der Waals surface area contributed by atoms with Gasteiger partial charge >= 0.3 is 6.03 Å². The third-order valence-electron chi connectivity index (χ3n) is 2.65. The van der Waals surface area contributed by atoms with E-state index in [2.05, 4.69) is 5.32 Å². The molecular formula is C12H17N3O. The van der Waals surface area contributed by atoms with E-state index >= 15 is 0 Å². The number of nitrogen functional groups attached to an aromatic ring is 1. The minimum Gasteiger partial charge on any atom is -0.399 e. The van der Waals surface area contributed by atoms with E-state index in [-0.39, 0.29) is 6.03 Å². The van der Waals surface area contributed by atoms with Gasteiger partial charge in [-0.25, -0.2) is 4.79 Å². The predicted octanol–water partition coefficient (Wildman–Crippen LogP) is 1.97. The number of anilines is 2. The van der Waals surface area contributed by atoms with E-state index in [1.165, 1.54) is 0 Å². The van der Waals surface area contributed by atoms with Crippen molar-refractivity contribution in [1.82, 2.24) is 5.32 Å². The Bertz CT molecular complexity index is 388. The molecule has 0 unspecified atom stereocenters. The third kappa shape index (κ3) is 2.45. The van der Waals surface area contributed by atoms with Gasteiger partial charge in [0.1, 0.15) is 0 Å². The van der Waals surface area contributed by atoms with Crippen molar-refractivity contribution >= 4 is 17.4 Å². The van der Waals surface area contributed by atoms with Gasteiger partial charge in [-0.15, -0.1) is 0 Å². The number of nitrogens with zero attached hydrogens (tertiary/aromatic N) is 1. The Hall–Kier alpha value is -1.71. The Morgan fingerprint density at radius 1 is 1.56 bits per heavy atom. The number of hydrogen-bond donors (Lipinski definition) is 2. The van der Waals surface area contributed by atoms with E-state index in [4.69, 9.17) is 5.73 Å². The Kier molecular flexibility index (Phi) is 2.99. The fourth-order valence-corrected chi connectivity index (χ4v) is 1.62. The molecule has 4 heteroatoms. The van der Waals surface area contributed by atoms with E-state index in [1.54, 1.807) is 4.90 Å². The molecule has 0 bridgehead atoms. The van der Waals surface area contributed by atoms with E-state index in [0.717, 1.165) is 18.5 Å². The second kappa shape index (κ2) is 4.43. The fraction of sp³-hybridized carbons (Fsp3) is 0.417. The summed E-state index contributed by atoms with van der Waals surface area (Å²) in [5, 5.41) is 2.97. The van der Waals surface area contributed by atoms with Gasteiger partial charge in [0, 0.05) is 24.0 Å². The Morgan fingerprint density at radius 2 is 2.31 bits per heavy atom. The number of carbonyl (C=O) groups excluding carboxylic acids is 1. The van der Waals surface area contributed by atoms with Crippen LogP contribution in [-0.4, -0.2) is 18.6 Å². The lowest BCUT2D eigenvalue weighted by Crippen LogP contribution is -2.41. The summed E-state index contributed by atoms with van der Waals surface area (Å²) in [7, 11) is 0. The standard InChI is InChI=1S/C12H17N3O/c1-2-15(12(16)14-10-6-7-10)11-5-3-4-9(13)8-11/h3-5,8,10H,2,6-7,13H2,1H3,(H,14,16). The number of carbonyl (C=O) groups is 1. The second-order valence-corrected chi connectivity index (χ2v) is 4.06. The number of rotatable bonds is 3. The topological polar surface area (TPSA) is 58.4 Å². The maximum absolute atomic E-state index is 11.9. The van der Waals surface area contributed by atoms with Crippen molar-refractivity contribution in [3.63, 3.8) is 0 Å². The second-order valence-electron chi connectivity index (χ2n) is 4.06. The number of hydrogen-bond acceptors (Lipinski definition) is 2. The van der Waals surface area contributed by atoms with Gasteiger partial charge in [-0.2, -0.15) is 0 Å². The van der Waals surface area contributed by atoms with Crippen LogP contribution >= 0.6 is 0 Å². The van der Waals surface area contributed by atoms with Gasteiger partial charge in [-0.3, -0.25) is 4.90 Å². The minimum absolute atomic E-state index is 0.0319. The van der Waals surface area contributed by atoms with Crippen LogP contribution in [0.5, 0.6) is 0 Å². The van der Waals surface area contributed by atoms with Crippen LogP contribution in [0.15, 0.2) is 24.3 Å². The molecule has 0 atom stereocenters. The Labute approximate surface area is 95.4 Å². The van der Waals surface area contributed by atoms with E-state index in [9.17, 15) is 4.79 Å². The van der Waals surface area contributed by atoms with Crippen molar-refractivity contribution in [2.75, 3.05) is 17.2 Å². The predicted molar refractivity (Wildman–Crippen MR) is 65.4 cm³/mol. The number of amides is 2. The summed E-state index contributed by atoms with van der Waals surface area (Å²) in [5.74, 6) is 0. The normalized spacial score (nSPS) is 14.6. The number of nitrogens with one attached hydrogen (secondary N) is 1. The summed E-state index contributed by atoms with van der Waals surface area (Å²) >= 11 is 0. The number of urea groups is 1. The van der Waals surface area contributed by atoms with Gasteiger partial charge in [0.2, 0.25) is 0 Å². The monoisotopic (exact) mass is 219 g/mol. The quantitative estimate of drug-likeness (QED) is 0.763. The number of nitrogens with two attached hydrogens (primary N) is 1. The molecule has 1 saturated carbocycles. The molecule has 0 saturated heterocycles. The van der Waals surface area contributed by atoms with Crippen molar-refractivity contribution in [1.29, 1.82) is 0 Å². The molecule has 1 aromatic rings. The average molecular weight is 219 g/mol. The van der Waals surface area contributed by atoms with Crippen molar-refractivity contribution < 1.29 is 4.79 Å². The zero-order chi connectivity index (χ0) is 11.5. The first-order valence-corrected chi connectivity index (χ1v) is 5.64. The average Bonchev–Trinajstić information content (AvgIpc) is 3.03. The molecule has 3 N–H and O–H groups in total. The molecule has 0 radical (unpaired) electrons.